The van der Waals surface area contributed by atoms with Crippen molar-refractivity contribution in [2.45, 2.75) is 65.9 Å². The fourth-order valence-electron chi connectivity index (χ4n) is 3.37. The van der Waals surface area contributed by atoms with Crippen molar-refractivity contribution in [3.8, 4) is 5.75 Å². The SMILES string of the molecule is CC.CCC1(C(C)C)CCc2cccc(OC(F)F)c21. The molecule has 1 unspecified atom stereocenters. The van der Waals surface area contributed by atoms with Crippen molar-refractivity contribution in [1.29, 1.82) is 0 Å². The van der Waals surface area contributed by atoms with E-state index in [0.717, 1.165) is 24.8 Å². The van der Waals surface area contributed by atoms with Crippen LogP contribution in [0.4, 0.5) is 8.78 Å². The molecule has 3 heteroatoms. The summed E-state index contributed by atoms with van der Waals surface area (Å²) >= 11 is 0. The lowest BCUT2D eigenvalue weighted by Crippen LogP contribution is -2.29. The molecule has 20 heavy (non-hydrogen) atoms. The van der Waals surface area contributed by atoms with Gasteiger partial charge in [0.25, 0.3) is 0 Å². The van der Waals surface area contributed by atoms with Gasteiger partial charge in [-0.3, -0.25) is 0 Å². The van der Waals surface area contributed by atoms with E-state index in [-0.39, 0.29) is 5.41 Å². The van der Waals surface area contributed by atoms with Crippen LogP contribution in [0.15, 0.2) is 18.2 Å². The number of alkyl halides is 2. The molecule has 1 atom stereocenters. The first-order valence-electron chi connectivity index (χ1n) is 7.58. The molecule has 0 N–H and O–H groups in total. The zero-order chi connectivity index (χ0) is 15.3. The minimum atomic E-state index is -2.75. The third-order valence-corrected chi connectivity index (χ3v) is 4.40. The van der Waals surface area contributed by atoms with Gasteiger partial charge in [0.2, 0.25) is 0 Å². The van der Waals surface area contributed by atoms with Crippen LogP contribution in [0.3, 0.4) is 0 Å². The lowest BCUT2D eigenvalue weighted by Gasteiger charge is -2.34. The van der Waals surface area contributed by atoms with E-state index in [1.165, 1.54) is 5.56 Å². The molecule has 1 aliphatic rings. The third kappa shape index (κ3) is 2.97. The second-order valence-electron chi connectivity index (χ2n) is 5.33. The molecule has 0 radical (unpaired) electrons. The molecule has 1 aliphatic carbocycles. The van der Waals surface area contributed by atoms with Gasteiger partial charge in [0.1, 0.15) is 5.75 Å². The van der Waals surface area contributed by atoms with Crippen molar-refractivity contribution >= 4 is 0 Å². The number of ether oxygens (including phenoxy) is 1. The van der Waals surface area contributed by atoms with Gasteiger partial charge in [-0.25, -0.2) is 0 Å². The summed E-state index contributed by atoms with van der Waals surface area (Å²) in [5.74, 6) is 0.793. The molecule has 1 nitrogen and oxygen atoms in total. The van der Waals surface area contributed by atoms with Crippen molar-refractivity contribution in [3.63, 3.8) is 0 Å². The first kappa shape index (κ1) is 16.9. The summed E-state index contributed by atoms with van der Waals surface area (Å²) in [6.45, 7) is 7.71. The van der Waals surface area contributed by atoms with E-state index in [0.29, 0.717) is 11.7 Å². The molecule has 0 bridgehead atoms. The molecule has 0 aliphatic heterocycles. The van der Waals surface area contributed by atoms with Crippen LogP contribution in [-0.4, -0.2) is 6.61 Å². The molecule has 2 rings (SSSR count). The Hall–Kier alpha value is -1.12. The molecule has 0 saturated heterocycles. The van der Waals surface area contributed by atoms with Gasteiger partial charge in [0.15, 0.2) is 0 Å². The summed E-state index contributed by atoms with van der Waals surface area (Å²) in [7, 11) is 0. The van der Waals surface area contributed by atoms with Crippen LogP contribution in [0.5, 0.6) is 5.75 Å². The summed E-state index contributed by atoms with van der Waals surface area (Å²) < 4.78 is 29.8. The molecule has 0 fully saturated rings. The highest BCUT2D eigenvalue weighted by atomic mass is 19.3. The zero-order valence-corrected chi connectivity index (χ0v) is 13.2. The van der Waals surface area contributed by atoms with Gasteiger partial charge in [0.05, 0.1) is 0 Å². The summed E-state index contributed by atoms with van der Waals surface area (Å²) in [5, 5.41) is 0. The molecule has 0 saturated carbocycles. The summed E-state index contributed by atoms with van der Waals surface area (Å²) in [5.41, 5.74) is 2.17. The normalized spacial score (nSPS) is 20.6. The monoisotopic (exact) mass is 284 g/mol. The van der Waals surface area contributed by atoms with E-state index < -0.39 is 6.61 Å². The van der Waals surface area contributed by atoms with Crippen LogP contribution in [0.1, 0.15) is 58.6 Å². The van der Waals surface area contributed by atoms with Crippen LogP contribution in [0, 0.1) is 5.92 Å². The van der Waals surface area contributed by atoms with Crippen LogP contribution in [0.25, 0.3) is 0 Å². The average molecular weight is 284 g/mol. The molecule has 0 amide bonds. The minimum Gasteiger partial charge on any atom is -0.435 e. The van der Waals surface area contributed by atoms with E-state index in [1.807, 2.05) is 26.0 Å². The number of hydrogen-bond donors (Lipinski definition) is 0. The van der Waals surface area contributed by atoms with Crippen LogP contribution < -0.4 is 4.74 Å². The van der Waals surface area contributed by atoms with E-state index in [2.05, 4.69) is 20.8 Å². The fourth-order valence-corrected chi connectivity index (χ4v) is 3.37. The highest BCUT2D eigenvalue weighted by Crippen LogP contribution is 2.50. The van der Waals surface area contributed by atoms with Crippen molar-refractivity contribution in [3.05, 3.63) is 29.3 Å². The number of rotatable bonds is 4. The predicted octanol–water partition coefficient (Wildman–Crippen LogP) is 5.56. The first-order chi connectivity index (χ1) is 9.51. The maximum atomic E-state index is 12.5. The quantitative estimate of drug-likeness (QED) is 0.703. The molecule has 1 aromatic carbocycles. The number of fused-ring (bicyclic) bond motifs is 1. The maximum absolute atomic E-state index is 12.5. The molecular weight excluding hydrogens is 258 g/mol. The number of benzene rings is 1. The van der Waals surface area contributed by atoms with Crippen LogP contribution in [0.2, 0.25) is 0 Å². The fraction of sp³-hybridized carbons (Fsp3) is 0.647. The number of aryl methyl sites for hydroxylation is 1. The number of hydrogen-bond acceptors (Lipinski definition) is 1. The average Bonchev–Trinajstić information content (AvgIpc) is 2.81. The van der Waals surface area contributed by atoms with Gasteiger partial charge in [-0.05, 0) is 36.8 Å². The summed E-state index contributed by atoms with van der Waals surface area (Å²) in [4.78, 5) is 0. The van der Waals surface area contributed by atoms with E-state index in [1.54, 1.807) is 6.07 Å². The predicted molar refractivity (Wildman–Crippen MR) is 79.6 cm³/mol. The van der Waals surface area contributed by atoms with Gasteiger partial charge >= 0.3 is 6.61 Å². The third-order valence-electron chi connectivity index (χ3n) is 4.40. The van der Waals surface area contributed by atoms with E-state index >= 15 is 0 Å². The number of halogens is 2. The topological polar surface area (TPSA) is 9.23 Å². The Balaban J connectivity index is 0.000000956. The van der Waals surface area contributed by atoms with Crippen LogP contribution >= 0.6 is 0 Å². The Bertz CT molecular complexity index is 429. The van der Waals surface area contributed by atoms with E-state index in [4.69, 9.17) is 4.74 Å². The second kappa shape index (κ2) is 7.05. The van der Waals surface area contributed by atoms with Gasteiger partial charge in [-0.15, -0.1) is 0 Å². The molecular formula is C17H26F2O. The molecule has 0 spiro atoms. The molecule has 0 heterocycles. The highest BCUT2D eigenvalue weighted by molar-refractivity contribution is 5.49. The van der Waals surface area contributed by atoms with E-state index in [9.17, 15) is 8.78 Å². The Kier molecular flexibility index (Phi) is 5.97. The Labute approximate surface area is 121 Å². The molecule has 1 aromatic rings. The standard InChI is InChI=1S/C15H20F2O.C2H6/c1-4-15(10(2)3)9-8-11-6-5-7-12(13(11)15)18-14(16)17;1-2/h5-7,10,14H,4,8-9H2,1-3H3;1-2H3. The Morgan fingerprint density at radius 3 is 2.40 bits per heavy atom. The Morgan fingerprint density at radius 1 is 1.25 bits per heavy atom. The maximum Gasteiger partial charge on any atom is 0.387 e. The second-order valence-corrected chi connectivity index (χ2v) is 5.33. The van der Waals surface area contributed by atoms with Crippen molar-refractivity contribution < 1.29 is 13.5 Å². The van der Waals surface area contributed by atoms with Crippen molar-refractivity contribution in [1.82, 2.24) is 0 Å². The molecule has 114 valence electrons. The lowest BCUT2D eigenvalue weighted by molar-refractivity contribution is -0.0512. The van der Waals surface area contributed by atoms with Gasteiger partial charge in [-0.2, -0.15) is 8.78 Å². The highest BCUT2D eigenvalue weighted by Gasteiger charge is 2.42. The summed E-state index contributed by atoms with van der Waals surface area (Å²) in [6, 6.07) is 5.51. The first-order valence-corrected chi connectivity index (χ1v) is 7.58. The molecule has 0 aromatic heterocycles. The van der Waals surface area contributed by atoms with Crippen molar-refractivity contribution in [2.24, 2.45) is 5.92 Å². The Morgan fingerprint density at radius 2 is 1.90 bits per heavy atom. The van der Waals surface area contributed by atoms with Gasteiger partial charge < -0.3 is 4.74 Å². The van der Waals surface area contributed by atoms with Crippen molar-refractivity contribution in [2.75, 3.05) is 0 Å². The largest absolute Gasteiger partial charge is 0.435 e. The summed E-state index contributed by atoms with van der Waals surface area (Å²) in [6.07, 6.45) is 2.95. The van der Waals surface area contributed by atoms with Gasteiger partial charge in [0, 0.05) is 11.0 Å². The van der Waals surface area contributed by atoms with Crippen LogP contribution in [-0.2, 0) is 11.8 Å². The minimum absolute atomic E-state index is 0.0131. The smallest absolute Gasteiger partial charge is 0.387 e. The zero-order valence-electron chi connectivity index (χ0n) is 13.2. The van der Waals surface area contributed by atoms with Gasteiger partial charge in [-0.1, -0.05) is 46.8 Å². The lowest BCUT2D eigenvalue weighted by atomic mass is 9.70.